The molecule has 45 heavy (non-hydrogen) atoms. The van der Waals surface area contributed by atoms with Crippen LogP contribution in [-0.2, 0) is 41.6 Å². The number of carbonyl (C=O) groups is 1. The van der Waals surface area contributed by atoms with E-state index in [0.717, 1.165) is 36.4 Å². The Hall–Kier alpha value is -4.57. The maximum absolute atomic E-state index is 12.2. The molecular formula is C35H41N7O3. The Morgan fingerprint density at radius 1 is 1.07 bits per heavy atom. The van der Waals surface area contributed by atoms with E-state index in [0.29, 0.717) is 48.4 Å². The summed E-state index contributed by atoms with van der Waals surface area (Å²) in [6.45, 7) is 10.7. The first-order chi connectivity index (χ1) is 21.6. The number of ketones is 1. The highest BCUT2D eigenvalue weighted by Crippen LogP contribution is 2.32. The average molecular weight is 608 g/mol. The smallest absolute Gasteiger partial charge is 0.210 e. The van der Waals surface area contributed by atoms with E-state index < -0.39 is 0 Å². The molecule has 5 aromatic rings. The monoisotopic (exact) mass is 607 g/mol. The lowest BCUT2D eigenvalue weighted by Gasteiger charge is -2.22. The maximum Gasteiger partial charge on any atom is 0.210 e. The molecule has 1 aliphatic rings. The van der Waals surface area contributed by atoms with Crippen molar-refractivity contribution in [3.63, 3.8) is 0 Å². The van der Waals surface area contributed by atoms with Crippen LogP contribution in [0.1, 0.15) is 57.5 Å². The number of aryl methyl sites for hydroxylation is 1. The largest absolute Gasteiger partial charge is 0.456 e. The molecule has 0 radical (unpaired) electrons. The number of fused-ring (bicyclic) bond motifs is 1. The predicted octanol–water partition coefficient (Wildman–Crippen LogP) is 6.77. The molecule has 10 nitrogen and oxygen atoms in total. The second-order valence-electron chi connectivity index (χ2n) is 13.1. The Morgan fingerprint density at radius 3 is 2.62 bits per heavy atom. The summed E-state index contributed by atoms with van der Waals surface area (Å²) >= 11 is 0. The summed E-state index contributed by atoms with van der Waals surface area (Å²) in [5.74, 6) is 3.27. The Bertz CT molecular complexity index is 1780. The summed E-state index contributed by atoms with van der Waals surface area (Å²) < 4.78 is 16.1. The zero-order chi connectivity index (χ0) is 31.6. The number of imidazole rings is 1. The number of aromatic nitrogens is 6. The molecule has 0 spiro atoms. The van der Waals surface area contributed by atoms with Crippen LogP contribution in [0.3, 0.4) is 0 Å². The minimum absolute atomic E-state index is 0.101. The molecule has 4 aromatic heterocycles. The van der Waals surface area contributed by atoms with Gasteiger partial charge in [-0.05, 0) is 30.4 Å². The SMILES string of the molecule is CC(COCc1ccccc1)Cn1nc(Nc2nc3ncc(Oc4ccnc(CC(=O)C5CC5)c4)cc3n2C)cc1C(C)(C)C. The number of hydrogen-bond acceptors (Lipinski definition) is 8. The van der Waals surface area contributed by atoms with Crippen LogP contribution in [0.25, 0.3) is 11.2 Å². The second kappa shape index (κ2) is 12.8. The number of pyridine rings is 2. The van der Waals surface area contributed by atoms with Gasteiger partial charge in [0, 0.05) is 61.4 Å². The van der Waals surface area contributed by atoms with Crippen molar-refractivity contribution in [2.75, 3.05) is 11.9 Å². The fourth-order valence-electron chi connectivity index (χ4n) is 5.33. The Labute approximate surface area is 263 Å². The number of nitrogens with zero attached hydrogens (tertiary/aromatic N) is 6. The topological polar surface area (TPSA) is 109 Å². The highest BCUT2D eigenvalue weighted by Gasteiger charge is 2.29. The van der Waals surface area contributed by atoms with Crippen LogP contribution in [0.15, 0.2) is 67.0 Å². The molecule has 0 aliphatic heterocycles. The zero-order valence-corrected chi connectivity index (χ0v) is 26.7. The number of carbonyl (C=O) groups excluding carboxylic acids is 1. The van der Waals surface area contributed by atoms with Crippen molar-refractivity contribution >= 4 is 28.7 Å². The number of anilines is 2. The van der Waals surface area contributed by atoms with Crippen molar-refractivity contribution in [3.05, 3.63) is 83.9 Å². The summed E-state index contributed by atoms with van der Waals surface area (Å²) in [5, 5.41) is 8.34. The summed E-state index contributed by atoms with van der Waals surface area (Å²) in [5.41, 5.74) is 4.32. The van der Waals surface area contributed by atoms with E-state index in [1.807, 2.05) is 41.9 Å². The van der Waals surface area contributed by atoms with Gasteiger partial charge in [-0.25, -0.2) is 4.98 Å². The first-order valence-corrected chi connectivity index (χ1v) is 15.6. The summed E-state index contributed by atoms with van der Waals surface area (Å²) in [6.07, 6.45) is 5.65. The quantitative estimate of drug-likeness (QED) is 0.156. The van der Waals surface area contributed by atoms with Gasteiger partial charge in [0.2, 0.25) is 5.95 Å². The number of nitrogens with one attached hydrogen (secondary N) is 1. The van der Waals surface area contributed by atoms with Crippen molar-refractivity contribution in [1.29, 1.82) is 0 Å². The van der Waals surface area contributed by atoms with E-state index in [-0.39, 0.29) is 23.0 Å². The fourth-order valence-corrected chi connectivity index (χ4v) is 5.33. The predicted molar refractivity (Wildman–Crippen MR) is 174 cm³/mol. The lowest BCUT2D eigenvalue weighted by atomic mass is 9.92. The van der Waals surface area contributed by atoms with Crippen LogP contribution < -0.4 is 10.1 Å². The molecule has 0 saturated heterocycles. The van der Waals surface area contributed by atoms with Crippen molar-refractivity contribution in [1.82, 2.24) is 29.3 Å². The molecular weight excluding hydrogens is 566 g/mol. The summed E-state index contributed by atoms with van der Waals surface area (Å²) in [4.78, 5) is 25.9. The van der Waals surface area contributed by atoms with E-state index in [9.17, 15) is 4.79 Å². The van der Waals surface area contributed by atoms with E-state index in [4.69, 9.17) is 19.6 Å². The number of benzene rings is 1. The molecule has 0 amide bonds. The Kier molecular flexibility index (Phi) is 8.67. The maximum atomic E-state index is 12.2. The highest BCUT2D eigenvalue weighted by molar-refractivity contribution is 5.85. The van der Waals surface area contributed by atoms with E-state index in [1.165, 1.54) is 5.56 Å². The molecule has 1 fully saturated rings. The standard InChI is InChI=1S/C35H41N7O3/c1-23(21-44-22-24-9-7-6-8-10-24)20-42-31(35(2,3)4)18-32(40-42)38-34-39-33-29(41(34)5)17-28(19-37-33)45-27-13-14-36-26(15-27)16-30(43)25-11-12-25/h6-10,13-15,17-19,23,25H,11-12,16,20-22H2,1-5H3,(H,37,38,39,40). The zero-order valence-electron chi connectivity index (χ0n) is 26.7. The highest BCUT2D eigenvalue weighted by atomic mass is 16.5. The molecule has 1 unspecified atom stereocenters. The van der Waals surface area contributed by atoms with Crippen LogP contribution in [0.4, 0.5) is 11.8 Å². The third kappa shape index (κ3) is 7.57. The molecule has 4 heterocycles. The van der Waals surface area contributed by atoms with Gasteiger partial charge >= 0.3 is 0 Å². The van der Waals surface area contributed by atoms with Crippen LogP contribution >= 0.6 is 0 Å². The van der Waals surface area contributed by atoms with Gasteiger partial charge < -0.3 is 19.4 Å². The van der Waals surface area contributed by atoms with Gasteiger partial charge in [-0.2, -0.15) is 10.1 Å². The molecule has 1 N–H and O–H groups in total. The number of ether oxygens (including phenoxy) is 2. The molecule has 1 saturated carbocycles. The number of Topliss-reactive ketones (excluding diaryl/α,β-unsaturated/α-hetero) is 1. The summed E-state index contributed by atoms with van der Waals surface area (Å²) in [7, 11) is 1.94. The van der Waals surface area contributed by atoms with Crippen molar-refractivity contribution in [2.45, 2.75) is 65.5 Å². The van der Waals surface area contributed by atoms with E-state index in [1.54, 1.807) is 18.5 Å². The van der Waals surface area contributed by atoms with Gasteiger partial charge in [-0.15, -0.1) is 0 Å². The third-order valence-electron chi connectivity index (χ3n) is 7.91. The van der Waals surface area contributed by atoms with Gasteiger partial charge in [-0.1, -0.05) is 58.0 Å². The second-order valence-corrected chi connectivity index (χ2v) is 13.1. The van der Waals surface area contributed by atoms with Gasteiger partial charge in [0.05, 0.1) is 30.6 Å². The minimum Gasteiger partial charge on any atom is -0.456 e. The number of hydrogen-bond donors (Lipinski definition) is 1. The van der Waals surface area contributed by atoms with Crippen molar-refractivity contribution in [2.24, 2.45) is 18.9 Å². The Balaban J connectivity index is 1.14. The van der Waals surface area contributed by atoms with Crippen molar-refractivity contribution in [3.8, 4) is 11.5 Å². The van der Waals surface area contributed by atoms with Gasteiger partial charge in [0.25, 0.3) is 0 Å². The first kappa shape index (κ1) is 30.5. The first-order valence-electron chi connectivity index (χ1n) is 15.6. The normalized spacial score (nSPS) is 14.1. The van der Waals surface area contributed by atoms with Gasteiger partial charge in [0.15, 0.2) is 11.5 Å². The van der Waals surface area contributed by atoms with Crippen LogP contribution in [0.2, 0.25) is 0 Å². The molecule has 6 rings (SSSR count). The van der Waals surface area contributed by atoms with E-state index >= 15 is 0 Å². The van der Waals surface area contributed by atoms with Crippen LogP contribution in [0, 0.1) is 11.8 Å². The molecule has 234 valence electrons. The third-order valence-corrected chi connectivity index (χ3v) is 7.91. The molecule has 0 bridgehead atoms. The minimum atomic E-state index is -0.101. The van der Waals surface area contributed by atoms with Crippen LogP contribution in [-0.4, -0.2) is 41.7 Å². The van der Waals surface area contributed by atoms with Crippen LogP contribution in [0.5, 0.6) is 11.5 Å². The van der Waals surface area contributed by atoms with Gasteiger partial charge in [-0.3, -0.25) is 14.5 Å². The fraction of sp³-hybridized carbons (Fsp3) is 0.400. The molecule has 1 atom stereocenters. The van der Waals surface area contributed by atoms with Crippen molar-refractivity contribution < 1.29 is 14.3 Å². The molecule has 1 aromatic carbocycles. The lowest BCUT2D eigenvalue weighted by Crippen LogP contribution is -2.22. The average Bonchev–Trinajstić information content (AvgIpc) is 3.72. The molecule has 10 heteroatoms. The summed E-state index contributed by atoms with van der Waals surface area (Å²) in [6, 6.07) is 17.8. The lowest BCUT2D eigenvalue weighted by molar-refractivity contribution is -0.119. The molecule has 1 aliphatic carbocycles. The number of rotatable bonds is 13. The van der Waals surface area contributed by atoms with E-state index in [2.05, 4.69) is 65.9 Å². The Morgan fingerprint density at radius 2 is 1.87 bits per heavy atom. The van der Waals surface area contributed by atoms with Gasteiger partial charge in [0.1, 0.15) is 17.3 Å².